The van der Waals surface area contributed by atoms with Gasteiger partial charge in [0.05, 0.1) is 0 Å². The van der Waals surface area contributed by atoms with E-state index in [0.717, 1.165) is 44.6 Å². The second kappa shape index (κ2) is 6.86. The van der Waals surface area contributed by atoms with E-state index in [1.165, 1.54) is 24.1 Å². The predicted octanol–water partition coefficient (Wildman–Crippen LogP) is 3.33. The number of rotatable bonds is 2. The van der Waals surface area contributed by atoms with Crippen LogP contribution in [0.4, 0.5) is 10.6 Å². The third-order valence-electron chi connectivity index (χ3n) is 5.34. The van der Waals surface area contributed by atoms with E-state index in [1.807, 2.05) is 28.8 Å². The number of carbonyl (C=O) groups excluding carboxylic acids is 1. The highest BCUT2D eigenvalue weighted by Crippen LogP contribution is 2.28. The van der Waals surface area contributed by atoms with Gasteiger partial charge in [-0.05, 0) is 56.6 Å². The van der Waals surface area contributed by atoms with Gasteiger partial charge in [0.25, 0.3) is 0 Å². The normalized spacial score (nSPS) is 18.0. The monoisotopic (exact) mass is 339 g/mol. The SMILES string of the molecule is Cc1ccc(C2CCN(C(=O)Nc3cc4n(n3)CCCC4)CC2)cn1. The van der Waals surface area contributed by atoms with E-state index in [1.54, 1.807) is 0 Å². The average Bonchev–Trinajstić information content (AvgIpc) is 3.05. The zero-order valence-corrected chi connectivity index (χ0v) is 14.7. The van der Waals surface area contributed by atoms with Crippen LogP contribution in [0.2, 0.25) is 0 Å². The first kappa shape index (κ1) is 16.1. The molecule has 2 aromatic rings. The van der Waals surface area contributed by atoms with E-state index in [-0.39, 0.29) is 6.03 Å². The Kier molecular flexibility index (Phi) is 4.42. The number of urea groups is 1. The fraction of sp³-hybridized carbons (Fsp3) is 0.526. The molecule has 6 nitrogen and oxygen atoms in total. The summed E-state index contributed by atoms with van der Waals surface area (Å²) in [5.74, 6) is 1.18. The minimum atomic E-state index is -0.0315. The highest BCUT2D eigenvalue weighted by atomic mass is 16.2. The van der Waals surface area contributed by atoms with Gasteiger partial charge in [0, 0.05) is 43.3 Å². The lowest BCUT2D eigenvalue weighted by molar-refractivity contribution is 0.194. The number of hydrogen-bond donors (Lipinski definition) is 1. The number of carbonyl (C=O) groups is 1. The lowest BCUT2D eigenvalue weighted by atomic mass is 9.90. The Labute approximate surface area is 148 Å². The van der Waals surface area contributed by atoms with Crippen molar-refractivity contribution in [3.05, 3.63) is 41.3 Å². The highest BCUT2D eigenvalue weighted by Gasteiger charge is 2.24. The third kappa shape index (κ3) is 3.52. The zero-order valence-electron chi connectivity index (χ0n) is 14.7. The first-order valence-electron chi connectivity index (χ1n) is 9.24. The summed E-state index contributed by atoms with van der Waals surface area (Å²) >= 11 is 0. The Bertz CT molecular complexity index is 720. The lowest BCUT2D eigenvalue weighted by Gasteiger charge is -2.31. The van der Waals surface area contributed by atoms with Crippen LogP contribution in [0, 0.1) is 6.92 Å². The molecule has 0 spiro atoms. The summed E-state index contributed by atoms with van der Waals surface area (Å²) in [5, 5.41) is 7.48. The first-order valence-corrected chi connectivity index (χ1v) is 9.24. The van der Waals surface area contributed by atoms with Crippen molar-refractivity contribution in [3.8, 4) is 0 Å². The maximum Gasteiger partial charge on any atom is 0.323 e. The van der Waals surface area contributed by atoms with Crippen molar-refractivity contribution >= 4 is 11.8 Å². The number of amides is 2. The quantitative estimate of drug-likeness (QED) is 0.913. The molecule has 0 saturated carbocycles. The maximum absolute atomic E-state index is 12.5. The number of aryl methyl sites for hydroxylation is 3. The van der Waals surface area contributed by atoms with Crippen LogP contribution in [0.5, 0.6) is 0 Å². The molecule has 1 fully saturated rings. The molecule has 1 N–H and O–H groups in total. The first-order chi connectivity index (χ1) is 12.2. The fourth-order valence-electron chi connectivity index (χ4n) is 3.80. The molecule has 4 heterocycles. The van der Waals surface area contributed by atoms with Gasteiger partial charge in [0.15, 0.2) is 5.82 Å². The van der Waals surface area contributed by atoms with Gasteiger partial charge in [0.2, 0.25) is 0 Å². The van der Waals surface area contributed by atoms with E-state index in [0.29, 0.717) is 11.7 Å². The third-order valence-corrected chi connectivity index (χ3v) is 5.34. The molecule has 2 aliphatic rings. The number of aromatic nitrogens is 3. The van der Waals surface area contributed by atoms with Crippen molar-refractivity contribution in [2.45, 2.75) is 51.5 Å². The standard InChI is InChI=1S/C19H25N5O/c1-14-5-6-16(13-20-14)15-7-10-23(11-8-15)19(25)21-18-12-17-4-2-3-9-24(17)22-18/h5-6,12-13,15H,2-4,7-11H2,1H3,(H,21,22,25). The topological polar surface area (TPSA) is 63.1 Å². The number of pyridine rings is 1. The van der Waals surface area contributed by atoms with Gasteiger partial charge in [-0.2, -0.15) is 5.10 Å². The smallest absolute Gasteiger partial charge is 0.323 e. The van der Waals surface area contributed by atoms with E-state index < -0.39 is 0 Å². The number of anilines is 1. The fourth-order valence-corrected chi connectivity index (χ4v) is 3.80. The lowest BCUT2D eigenvalue weighted by Crippen LogP contribution is -2.40. The molecule has 25 heavy (non-hydrogen) atoms. The van der Waals surface area contributed by atoms with E-state index >= 15 is 0 Å². The molecule has 132 valence electrons. The van der Waals surface area contributed by atoms with Gasteiger partial charge >= 0.3 is 6.03 Å². The molecule has 6 heteroatoms. The minimum Gasteiger partial charge on any atom is -0.324 e. The molecule has 0 unspecified atom stereocenters. The van der Waals surface area contributed by atoms with Gasteiger partial charge in [0.1, 0.15) is 0 Å². The molecule has 2 amide bonds. The van der Waals surface area contributed by atoms with Gasteiger partial charge in [-0.1, -0.05) is 6.07 Å². The van der Waals surface area contributed by atoms with Crippen LogP contribution in [0.25, 0.3) is 0 Å². The number of nitrogens with one attached hydrogen (secondary N) is 1. The number of fused-ring (bicyclic) bond motifs is 1. The summed E-state index contributed by atoms with van der Waals surface area (Å²) in [6, 6.07) is 6.21. The van der Waals surface area contributed by atoms with Crippen LogP contribution in [-0.4, -0.2) is 38.8 Å². The Morgan fingerprint density at radius 2 is 2.04 bits per heavy atom. The maximum atomic E-state index is 12.5. The van der Waals surface area contributed by atoms with Gasteiger partial charge in [-0.3, -0.25) is 15.0 Å². The van der Waals surface area contributed by atoms with Crippen molar-refractivity contribution in [1.82, 2.24) is 19.7 Å². The molecular weight excluding hydrogens is 314 g/mol. The minimum absolute atomic E-state index is 0.0315. The Hall–Kier alpha value is -2.37. The molecular formula is C19H25N5O. The van der Waals surface area contributed by atoms with Gasteiger partial charge in [-0.25, -0.2) is 4.79 Å². The van der Waals surface area contributed by atoms with Crippen LogP contribution in [0.15, 0.2) is 24.4 Å². The Balaban J connectivity index is 1.33. The van der Waals surface area contributed by atoms with Crippen molar-refractivity contribution in [2.24, 2.45) is 0 Å². The van der Waals surface area contributed by atoms with Crippen LogP contribution >= 0.6 is 0 Å². The highest BCUT2D eigenvalue weighted by molar-refractivity contribution is 5.88. The van der Waals surface area contributed by atoms with Crippen LogP contribution in [0.3, 0.4) is 0 Å². The largest absolute Gasteiger partial charge is 0.324 e. The van der Waals surface area contributed by atoms with Gasteiger partial charge in [-0.15, -0.1) is 0 Å². The molecule has 4 rings (SSSR count). The van der Waals surface area contributed by atoms with E-state index in [9.17, 15) is 4.79 Å². The van der Waals surface area contributed by atoms with Crippen LogP contribution < -0.4 is 5.32 Å². The molecule has 2 aromatic heterocycles. The number of nitrogens with zero attached hydrogens (tertiary/aromatic N) is 4. The van der Waals surface area contributed by atoms with Crippen LogP contribution in [0.1, 0.15) is 48.6 Å². The van der Waals surface area contributed by atoms with E-state index in [4.69, 9.17) is 0 Å². The summed E-state index contributed by atoms with van der Waals surface area (Å²) in [4.78, 5) is 18.8. The second-order valence-electron chi connectivity index (χ2n) is 7.13. The summed E-state index contributed by atoms with van der Waals surface area (Å²) < 4.78 is 2.02. The second-order valence-corrected chi connectivity index (χ2v) is 7.13. The average molecular weight is 339 g/mol. The van der Waals surface area contributed by atoms with Crippen molar-refractivity contribution < 1.29 is 4.79 Å². The summed E-state index contributed by atoms with van der Waals surface area (Å²) in [6.45, 7) is 4.52. The molecule has 0 aliphatic carbocycles. The van der Waals surface area contributed by atoms with Crippen molar-refractivity contribution in [1.29, 1.82) is 0 Å². The summed E-state index contributed by atoms with van der Waals surface area (Å²) in [6.07, 6.45) is 7.38. The van der Waals surface area contributed by atoms with Gasteiger partial charge < -0.3 is 4.90 Å². The van der Waals surface area contributed by atoms with Crippen LogP contribution in [-0.2, 0) is 13.0 Å². The summed E-state index contributed by atoms with van der Waals surface area (Å²) in [7, 11) is 0. The number of piperidine rings is 1. The van der Waals surface area contributed by atoms with Crippen molar-refractivity contribution in [2.75, 3.05) is 18.4 Å². The molecule has 0 bridgehead atoms. The van der Waals surface area contributed by atoms with E-state index in [2.05, 4.69) is 27.5 Å². The molecule has 2 aliphatic heterocycles. The number of likely N-dealkylation sites (tertiary alicyclic amines) is 1. The summed E-state index contributed by atoms with van der Waals surface area (Å²) in [5.41, 5.74) is 3.56. The zero-order chi connectivity index (χ0) is 17.2. The Morgan fingerprint density at radius 1 is 1.20 bits per heavy atom. The number of hydrogen-bond acceptors (Lipinski definition) is 3. The molecule has 0 aromatic carbocycles. The molecule has 1 saturated heterocycles. The Morgan fingerprint density at radius 3 is 2.76 bits per heavy atom. The molecule has 0 radical (unpaired) electrons. The van der Waals surface area contributed by atoms with Crippen molar-refractivity contribution in [3.63, 3.8) is 0 Å². The molecule has 0 atom stereocenters. The predicted molar refractivity (Wildman–Crippen MR) is 96.7 cm³/mol.